The number of carbonyl (C=O) groups excluding carboxylic acids is 1. The summed E-state index contributed by atoms with van der Waals surface area (Å²) in [5.74, 6) is -0.898. The van der Waals surface area contributed by atoms with Gasteiger partial charge in [-0.2, -0.15) is 0 Å². The first-order chi connectivity index (χ1) is 12.1. The average molecular weight is 371 g/mol. The van der Waals surface area contributed by atoms with Crippen molar-refractivity contribution in [2.45, 2.75) is 6.04 Å². The molecule has 0 bridgehead atoms. The highest BCUT2D eigenvalue weighted by atomic mass is 32.2. The van der Waals surface area contributed by atoms with Crippen LogP contribution in [0.3, 0.4) is 0 Å². The van der Waals surface area contributed by atoms with E-state index in [1.807, 2.05) is 0 Å². The second-order valence-corrected chi connectivity index (χ2v) is 6.78. The molecule has 1 N–H and O–H groups in total. The number of aliphatic carboxylic acids is 1. The number of furan rings is 1. The summed E-state index contributed by atoms with van der Waals surface area (Å²) >= 11 is 6.32. The van der Waals surface area contributed by atoms with E-state index in [-0.39, 0.29) is 4.32 Å². The monoisotopic (exact) mass is 371 g/mol. The molecule has 0 spiro atoms. The lowest BCUT2D eigenvalue weighted by molar-refractivity contribution is -0.145. The summed E-state index contributed by atoms with van der Waals surface area (Å²) in [7, 11) is 0. The van der Waals surface area contributed by atoms with E-state index in [0.29, 0.717) is 16.2 Å². The Bertz CT molecular complexity index is 856. The molecule has 1 aromatic carbocycles. The summed E-state index contributed by atoms with van der Waals surface area (Å²) in [5, 5.41) is 9.60. The van der Waals surface area contributed by atoms with E-state index in [1.165, 1.54) is 0 Å². The number of hydrogen-bond acceptors (Lipinski definition) is 5. The van der Waals surface area contributed by atoms with Gasteiger partial charge in [-0.05, 0) is 29.8 Å². The molecule has 25 heavy (non-hydrogen) atoms. The summed E-state index contributed by atoms with van der Waals surface area (Å²) in [6.07, 6.45) is 6.53. The fraction of sp³-hybridized carbons (Fsp3) is 0.0556. The molecule has 126 valence electrons. The summed E-state index contributed by atoms with van der Waals surface area (Å²) in [4.78, 5) is 25.9. The van der Waals surface area contributed by atoms with Crippen molar-refractivity contribution >= 4 is 46.3 Å². The molecule has 2 heterocycles. The Hall–Kier alpha value is -2.64. The van der Waals surface area contributed by atoms with Gasteiger partial charge in [0.2, 0.25) is 0 Å². The van der Waals surface area contributed by atoms with Crippen LogP contribution in [-0.4, -0.2) is 26.2 Å². The van der Waals surface area contributed by atoms with E-state index < -0.39 is 17.9 Å². The third-order valence-corrected chi connectivity index (χ3v) is 4.83. The Morgan fingerprint density at radius 2 is 2.00 bits per heavy atom. The zero-order valence-corrected chi connectivity index (χ0v) is 14.5. The fourth-order valence-electron chi connectivity index (χ4n) is 2.37. The predicted octanol–water partition coefficient (Wildman–Crippen LogP) is 3.86. The Morgan fingerprint density at radius 1 is 1.24 bits per heavy atom. The van der Waals surface area contributed by atoms with Crippen LogP contribution in [0.1, 0.15) is 17.4 Å². The lowest BCUT2D eigenvalue weighted by Crippen LogP contribution is -2.37. The van der Waals surface area contributed by atoms with Crippen LogP contribution < -0.4 is 0 Å². The Morgan fingerprint density at radius 3 is 2.64 bits per heavy atom. The maximum absolute atomic E-state index is 12.7. The maximum atomic E-state index is 12.7. The second-order valence-electron chi connectivity index (χ2n) is 5.10. The van der Waals surface area contributed by atoms with Gasteiger partial charge < -0.3 is 9.52 Å². The van der Waals surface area contributed by atoms with Crippen LogP contribution >= 0.6 is 24.0 Å². The molecule has 1 aliphatic heterocycles. The Balaban J connectivity index is 1.86. The first-order valence-electron chi connectivity index (χ1n) is 7.33. The minimum absolute atomic E-state index is 0.221. The average Bonchev–Trinajstić information content (AvgIpc) is 3.20. The van der Waals surface area contributed by atoms with Crippen molar-refractivity contribution < 1.29 is 19.1 Å². The minimum atomic E-state index is -1.14. The Labute approximate surface area is 153 Å². The lowest BCUT2D eigenvalue weighted by Gasteiger charge is -2.23. The number of rotatable bonds is 5. The van der Waals surface area contributed by atoms with Gasteiger partial charge in [0.05, 0.1) is 11.2 Å². The van der Waals surface area contributed by atoms with Gasteiger partial charge >= 0.3 is 5.97 Å². The van der Waals surface area contributed by atoms with Crippen LogP contribution in [0.25, 0.3) is 6.08 Å². The summed E-state index contributed by atoms with van der Waals surface area (Å²) < 4.78 is 5.39. The van der Waals surface area contributed by atoms with Gasteiger partial charge in [0.1, 0.15) is 10.1 Å². The summed E-state index contributed by atoms with van der Waals surface area (Å²) in [6, 6.07) is 11.0. The van der Waals surface area contributed by atoms with Crippen molar-refractivity contribution in [1.82, 2.24) is 4.90 Å². The van der Waals surface area contributed by atoms with Crippen LogP contribution in [0.15, 0.2) is 70.2 Å². The van der Waals surface area contributed by atoms with E-state index in [4.69, 9.17) is 16.6 Å². The number of nitrogens with zero attached hydrogens (tertiary/aromatic N) is 1. The fourth-order valence-corrected chi connectivity index (χ4v) is 3.64. The quantitative estimate of drug-likeness (QED) is 0.636. The molecule has 1 unspecified atom stereocenters. The van der Waals surface area contributed by atoms with Gasteiger partial charge in [0.25, 0.3) is 5.91 Å². The molecule has 1 fully saturated rings. The molecule has 1 aliphatic rings. The van der Waals surface area contributed by atoms with E-state index in [2.05, 4.69) is 0 Å². The number of carboxylic acid groups (broad SMARTS) is 1. The first kappa shape index (κ1) is 17.2. The summed E-state index contributed by atoms with van der Waals surface area (Å²) in [5.41, 5.74) is 0.499. The van der Waals surface area contributed by atoms with Crippen molar-refractivity contribution in [2.24, 2.45) is 0 Å². The van der Waals surface area contributed by atoms with Gasteiger partial charge in [0, 0.05) is 0 Å². The molecular weight excluding hydrogens is 358 g/mol. The lowest BCUT2D eigenvalue weighted by atomic mass is 10.1. The molecule has 7 heteroatoms. The number of benzene rings is 1. The number of allylic oxidation sites excluding steroid dienone is 2. The molecule has 1 atom stereocenters. The molecule has 2 aromatic rings. The highest BCUT2D eigenvalue weighted by Gasteiger charge is 2.41. The number of hydrogen-bond donors (Lipinski definition) is 1. The normalized spacial score (nSPS) is 17.6. The van der Waals surface area contributed by atoms with E-state index in [0.717, 1.165) is 16.7 Å². The topological polar surface area (TPSA) is 70.8 Å². The molecule has 3 rings (SSSR count). The van der Waals surface area contributed by atoms with Crippen LogP contribution in [0, 0.1) is 0 Å². The van der Waals surface area contributed by atoms with Crippen LogP contribution in [0.2, 0.25) is 0 Å². The van der Waals surface area contributed by atoms with Gasteiger partial charge in [-0.15, -0.1) is 0 Å². The second kappa shape index (κ2) is 7.50. The summed E-state index contributed by atoms with van der Waals surface area (Å²) in [6.45, 7) is 0. The molecule has 1 aromatic heterocycles. The zero-order valence-electron chi connectivity index (χ0n) is 12.9. The molecule has 5 nitrogen and oxygen atoms in total. The van der Waals surface area contributed by atoms with Crippen molar-refractivity contribution in [3.05, 3.63) is 77.1 Å². The standard InChI is InChI=1S/C18H13NO4S2/c20-16-14(10-4-8-13-9-5-11-23-13)25-18(24)19(16)15(17(21)22)12-6-2-1-3-7-12/h1-11,15H,(H,21,22). The highest BCUT2D eigenvalue weighted by molar-refractivity contribution is 8.26. The SMILES string of the molecule is O=C(O)C(c1ccccc1)N1C(=O)C(=CC=Cc2ccco2)SC1=S. The van der Waals surface area contributed by atoms with E-state index in [1.54, 1.807) is 67.0 Å². The smallest absolute Gasteiger partial charge is 0.331 e. The minimum Gasteiger partial charge on any atom is -0.479 e. The van der Waals surface area contributed by atoms with E-state index >= 15 is 0 Å². The zero-order chi connectivity index (χ0) is 17.8. The van der Waals surface area contributed by atoms with E-state index in [9.17, 15) is 14.7 Å². The molecule has 1 amide bonds. The third-order valence-electron chi connectivity index (χ3n) is 3.48. The van der Waals surface area contributed by atoms with Crippen molar-refractivity contribution in [1.29, 1.82) is 0 Å². The van der Waals surface area contributed by atoms with Crippen molar-refractivity contribution in [3.63, 3.8) is 0 Å². The molecule has 0 saturated carbocycles. The van der Waals surface area contributed by atoms with Crippen LogP contribution in [0.5, 0.6) is 0 Å². The third kappa shape index (κ3) is 3.72. The number of thioether (sulfide) groups is 1. The maximum Gasteiger partial charge on any atom is 0.331 e. The highest BCUT2D eigenvalue weighted by Crippen LogP contribution is 2.37. The Kier molecular flexibility index (Phi) is 5.16. The number of thiocarbonyl (C=S) groups is 1. The van der Waals surface area contributed by atoms with Gasteiger partial charge in [-0.3, -0.25) is 9.69 Å². The first-order valence-corrected chi connectivity index (χ1v) is 8.55. The van der Waals surface area contributed by atoms with Crippen LogP contribution in [0.4, 0.5) is 0 Å². The predicted molar refractivity (Wildman–Crippen MR) is 99.7 cm³/mol. The molecule has 0 aliphatic carbocycles. The van der Waals surface area contributed by atoms with Gasteiger partial charge in [-0.1, -0.05) is 60.4 Å². The van der Waals surface area contributed by atoms with Gasteiger partial charge in [-0.25, -0.2) is 4.79 Å². The van der Waals surface area contributed by atoms with Crippen LogP contribution in [-0.2, 0) is 9.59 Å². The largest absolute Gasteiger partial charge is 0.479 e. The van der Waals surface area contributed by atoms with Crippen molar-refractivity contribution in [2.75, 3.05) is 0 Å². The number of amides is 1. The number of carboxylic acids is 1. The molecular formula is C18H13NO4S2. The van der Waals surface area contributed by atoms with Crippen molar-refractivity contribution in [3.8, 4) is 0 Å². The molecule has 1 saturated heterocycles. The number of carbonyl (C=O) groups is 2. The molecule has 0 radical (unpaired) electrons. The van der Waals surface area contributed by atoms with Gasteiger partial charge in [0.15, 0.2) is 6.04 Å².